The van der Waals surface area contributed by atoms with Gasteiger partial charge >= 0.3 is 0 Å². The molecule has 6 nitrogen and oxygen atoms in total. The smallest absolute Gasteiger partial charge is 0.237 e. The van der Waals surface area contributed by atoms with Crippen molar-refractivity contribution in [3.63, 3.8) is 0 Å². The molecule has 0 unspecified atom stereocenters. The van der Waals surface area contributed by atoms with E-state index in [1.807, 2.05) is 6.92 Å². The number of thioether (sulfide) groups is 1. The molecule has 0 aliphatic carbocycles. The van der Waals surface area contributed by atoms with Crippen LogP contribution in [0.15, 0.2) is 21.5 Å². The molecule has 8 heteroatoms. The van der Waals surface area contributed by atoms with E-state index in [-0.39, 0.29) is 0 Å². The maximum atomic E-state index is 5.09. The molecule has 0 aliphatic heterocycles. The van der Waals surface area contributed by atoms with Crippen LogP contribution in [0.2, 0.25) is 0 Å². The third-order valence-corrected chi connectivity index (χ3v) is 3.95. The van der Waals surface area contributed by atoms with Gasteiger partial charge in [-0.25, -0.2) is 0 Å². The first-order valence-corrected chi connectivity index (χ1v) is 7.24. The summed E-state index contributed by atoms with van der Waals surface area (Å²) < 4.78 is 5.97. The summed E-state index contributed by atoms with van der Waals surface area (Å²) in [7, 11) is 0. The first-order valence-electron chi connectivity index (χ1n) is 5.44. The average molecular weight is 283 g/mol. The summed E-state index contributed by atoms with van der Waals surface area (Å²) in [6.07, 6.45) is 2.56. The molecule has 0 bridgehead atoms. The summed E-state index contributed by atoms with van der Waals surface area (Å²) in [5, 5.41) is 15.8. The zero-order valence-electron chi connectivity index (χ0n) is 9.92. The van der Waals surface area contributed by atoms with Crippen molar-refractivity contribution in [2.24, 2.45) is 0 Å². The minimum absolute atomic E-state index is 0.614. The highest BCUT2D eigenvalue weighted by Gasteiger charge is 2.08. The number of nitrogens with one attached hydrogen (secondary N) is 1. The number of hydrogen-bond donors (Lipinski definition) is 1. The number of rotatable bonds is 7. The molecule has 2 rings (SSSR count). The van der Waals surface area contributed by atoms with Gasteiger partial charge in [0.25, 0.3) is 0 Å². The predicted molar refractivity (Wildman–Crippen MR) is 71.8 cm³/mol. The van der Waals surface area contributed by atoms with Gasteiger partial charge in [-0.05, 0) is 0 Å². The van der Waals surface area contributed by atoms with E-state index in [2.05, 4.69) is 32.2 Å². The van der Waals surface area contributed by atoms with E-state index >= 15 is 0 Å². The quantitative estimate of drug-likeness (QED) is 0.617. The van der Waals surface area contributed by atoms with Gasteiger partial charge in [-0.1, -0.05) is 41.3 Å². The Hall–Kier alpha value is -1.41. The molecule has 18 heavy (non-hydrogen) atoms. The minimum Gasteiger partial charge on any atom is -0.357 e. The van der Waals surface area contributed by atoms with Gasteiger partial charge in [-0.2, -0.15) is 4.98 Å². The van der Waals surface area contributed by atoms with E-state index in [1.54, 1.807) is 6.08 Å². The number of hydrogen-bond acceptors (Lipinski definition) is 8. The van der Waals surface area contributed by atoms with E-state index in [1.165, 1.54) is 23.1 Å². The maximum absolute atomic E-state index is 5.09. The van der Waals surface area contributed by atoms with Gasteiger partial charge in [0.2, 0.25) is 11.0 Å². The van der Waals surface area contributed by atoms with Crippen molar-refractivity contribution in [1.29, 1.82) is 0 Å². The molecule has 2 aromatic rings. The second kappa shape index (κ2) is 6.50. The third kappa shape index (κ3) is 3.54. The SMILES string of the molecule is C=CCNc1nnc(SCc2nc(CC)no2)s1. The molecule has 0 aliphatic rings. The lowest BCUT2D eigenvalue weighted by atomic mass is 10.5. The van der Waals surface area contributed by atoms with Crippen molar-refractivity contribution < 1.29 is 4.52 Å². The van der Waals surface area contributed by atoms with Crippen LogP contribution in [-0.2, 0) is 12.2 Å². The van der Waals surface area contributed by atoms with Crippen LogP contribution in [0.1, 0.15) is 18.6 Å². The standard InChI is InChI=1S/C10H13N5OS2/c1-3-5-11-9-13-14-10(18-9)17-6-8-12-7(4-2)15-16-8/h3H,1,4-6H2,2H3,(H,11,13). The molecule has 96 valence electrons. The van der Waals surface area contributed by atoms with Crippen molar-refractivity contribution in [2.45, 2.75) is 23.4 Å². The molecule has 0 fully saturated rings. The van der Waals surface area contributed by atoms with Crippen molar-refractivity contribution in [3.8, 4) is 0 Å². The molecule has 0 saturated heterocycles. The van der Waals surface area contributed by atoms with Gasteiger partial charge in [-0.3, -0.25) is 0 Å². The Kier molecular flexibility index (Phi) is 4.71. The van der Waals surface area contributed by atoms with E-state index < -0.39 is 0 Å². The fourth-order valence-electron chi connectivity index (χ4n) is 1.11. The molecule has 0 amide bonds. The van der Waals surface area contributed by atoms with Gasteiger partial charge < -0.3 is 9.84 Å². The monoisotopic (exact) mass is 283 g/mol. The van der Waals surface area contributed by atoms with Gasteiger partial charge in [-0.15, -0.1) is 16.8 Å². The molecular weight excluding hydrogens is 270 g/mol. The maximum Gasteiger partial charge on any atom is 0.237 e. The van der Waals surface area contributed by atoms with Crippen LogP contribution >= 0.6 is 23.1 Å². The topological polar surface area (TPSA) is 76.7 Å². The Balaban J connectivity index is 1.85. The Labute approximate surface area is 113 Å². The van der Waals surface area contributed by atoms with Crippen LogP contribution in [0.4, 0.5) is 5.13 Å². The van der Waals surface area contributed by atoms with Crippen molar-refractivity contribution in [2.75, 3.05) is 11.9 Å². The highest BCUT2D eigenvalue weighted by atomic mass is 32.2. The number of nitrogens with zero attached hydrogens (tertiary/aromatic N) is 4. The Morgan fingerprint density at radius 3 is 3.11 bits per heavy atom. The van der Waals surface area contributed by atoms with Crippen LogP contribution < -0.4 is 5.32 Å². The van der Waals surface area contributed by atoms with Gasteiger partial charge in [0.15, 0.2) is 10.2 Å². The highest BCUT2D eigenvalue weighted by molar-refractivity contribution is 8.00. The number of aryl methyl sites for hydroxylation is 1. The first kappa shape index (κ1) is 13.0. The zero-order chi connectivity index (χ0) is 12.8. The van der Waals surface area contributed by atoms with Crippen molar-refractivity contribution in [3.05, 3.63) is 24.4 Å². The lowest BCUT2D eigenvalue weighted by Gasteiger charge is -1.92. The normalized spacial score (nSPS) is 10.5. The molecule has 2 heterocycles. The molecule has 0 radical (unpaired) electrons. The number of aromatic nitrogens is 4. The van der Waals surface area contributed by atoms with E-state index in [9.17, 15) is 0 Å². The van der Waals surface area contributed by atoms with Gasteiger partial charge in [0.1, 0.15) is 0 Å². The first-order chi connectivity index (χ1) is 8.81. The lowest BCUT2D eigenvalue weighted by Crippen LogP contribution is -1.96. The van der Waals surface area contributed by atoms with Crippen LogP contribution in [0, 0.1) is 0 Å². The van der Waals surface area contributed by atoms with E-state index in [0.717, 1.165) is 21.7 Å². The Morgan fingerprint density at radius 2 is 2.39 bits per heavy atom. The molecule has 0 atom stereocenters. The summed E-state index contributed by atoms with van der Waals surface area (Å²) in [4.78, 5) is 4.23. The van der Waals surface area contributed by atoms with Crippen LogP contribution in [0.25, 0.3) is 0 Å². The molecular formula is C10H13N5OS2. The zero-order valence-corrected chi connectivity index (χ0v) is 11.6. The molecule has 1 N–H and O–H groups in total. The van der Waals surface area contributed by atoms with Gasteiger partial charge in [0.05, 0.1) is 5.75 Å². The van der Waals surface area contributed by atoms with Crippen molar-refractivity contribution >= 4 is 28.2 Å². The Bertz CT molecular complexity index is 510. The number of anilines is 1. The largest absolute Gasteiger partial charge is 0.357 e. The second-order valence-corrected chi connectivity index (χ2v) is 5.49. The van der Waals surface area contributed by atoms with Gasteiger partial charge in [0, 0.05) is 13.0 Å². The summed E-state index contributed by atoms with van der Waals surface area (Å²) in [6, 6.07) is 0. The molecule has 0 spiro atoms. The summed E-state index contributed by atoms with van der Waals surface area (Å²) in [5.74, 6) is 1.96. The fourth-order valence-corrected chi connectivity index (χ4v) is 2.71. The van der Waals surface area contributed by atoms with Crippen molar-refractivity contribution in [1.82, 2.24) is 20.3 Å². The summed E-state index contributed by atoms with van der Waals surface area (Å²) >= 11 is 3.03. The average Bonchev–Trinajstić information content (AvgIpc) is 3.03. The minimum atomic E-state index is 0.614. The van der Waals surface area contributed by atoms with E-state index in [4.69, 9.17) is 4.52 Å². The van der Waals surface area contributed by atoms with E-state index in [0.29, 0.717) is 18.2 Å². The Morgan fingerprint density at radius 1 is 1.50 bits per heavy atom. The second-order valence-electron chi connectivity index (χ2n) is 3.29. The molecule has 0 saturated carbocycles. The molecule has 2 aromatic heterocycles. The summed E-state index contributed by atoms with van der Waals surface area (Å²) in [6.45, 7) is 6.30. The van der Waals surface area contributed by atoms with Crippen LogP contribution in [0.5, 0.6) is 0 Å². The van der Waals surface area contributed by atoms with Crippen LogP contribution in [-0.4, -0.2) is 26.9 Å². The van der Waals surface area contributed by atoms with Crippen LogP contribution in [0.3, 0.4) is 0 Å². The highest BCUT2D eigenvalue weighted by Crippen LogP contribution is 2.27. The summed E-state index contributed by atoms with van der Waals surface area (Å²) in [5.41, 5.74) is 0. The fraction of sp³-hybridized carbons (Fsp3) is 0.400. The third-order valence-electron chi connectivity index (χ3n) is 1.95. The molecule has 0 aromatic carbocycles. The lowest BCUT2D eigenvalue weighted by molar-refractivity contribution is 0.385. The predicted octanol–water partition coefficient (Wildman–Crippen LogP) is 2.37.